The summed E-state index contributed by atoms with van der Waals surface area (Å²) < 4.78 is 12.6. The summed E-state index contributed by atoms with van der Waals surface area (Å²) in [5.41, 5.74) is 5.34. The minimum Gasteiger partial charge on any atom is -0.383 e. The highest BCUT2D eigenvalue weighted by atomic mass is 16.5. The molecular formula is C13H24N4O4. The summed E-state index contributed by atoms with van der Waals surface area (Å²) in [7, 11) is 3.04. The van der Waals surface area contributed by atoms with Crippen LogP contribution in [0.4, 0.5) is 11.5 Å². The first-order valence-electron chi connectivity index (χ1n) is 6.94. The van der Waals surface area contributed by atoms with Crippen molar-refractivity contribution in [2.24, 2.45) is 7.05 Å². The molecule has 0 atom stereocenters. The van der Waals surface area contributed by atoms with Crippen LogP contribution in [-0.2, 0) is 23.1 Å². The summed E-state index contributed by atoms with van der Waals surface area (Å²) in [6, 6.07) is 0. The molecule has 1 aromatic rings. The number of anilines is 2. The monoisotopic (exact) mass is 300 g/mol. The van der Waals surface area contributed by atoms with Crippen LogP contribution in [0.1, 0.15) is 13.3 Å². The average molecular weight is 300 g/mol. The number of nitrogen functional groups attached to an aromatic ring is 1. The van der Waals surface area contributed by atoms with Crippen molar-refractivity contribution < 1.29 is 9.47 Å². The van der Waals surface area contributed by atoms with E-state index >= 15 is 0 Å². The van der Waals surface area contributed by atoms with Gasteiger partial charge < -0.3 is 20.5 Å². The highest BCUT2D eigenvalue weighted by Gasteiger charge is 2.14. The molecule has 0 unspecified atom stereocenters. The molecule has 1 aromatic heterocycles. The van der Waals surface area contributed by atoms with Crippen LogP contribution in [0.5, 0.6) is 0 Å². The number of hydrogen-bond donors (Lipinski definition) is 2. The van der Waals surface area contributed by atoms with Gasteiger partial charge in [-0.2, -0.15) is 0 Å². The van der Waals surface area contributed by atoms with Crippen molar-refractivity contribution in [2.75, 3.05) is 44.5 Å². The molecule has 0 amide bonds. The van der Waals surface area contributed by atoms with Crippen molar-refractivity contribution in [3.05, 3.63) is 20.8 Å². The van der Waals surface area contributed by atoms with Crippen LogP contribution in [0.15, 0.2) is 9.59 Å². The Hall–Kier alpha value is -1.80. The topological polar surface area (TPSA) is 101 Å². The summed E-state index contributed by atoms with van der Waals surface area (Å²) in [6.07, 6.45) is 0.752. The summed E-state index contributed by atoms with van der Waals surface area (Å²) in [5, 5.41) is 2.94. The molecule has 8 heteroatoms. The van der Waals surface area contributed by atoms with E-state index in [4.69, 9.17) is 15.2 Å². The van der Waals surface area contributed by atoms with Crippen molar-refractivity contribution in [3.63, 3.8) is 0 Å². The Kier molecular flexibility index (Phi) is 6.97. The molecule has 0 radical (unpaired) electrons. The first-order chi connectivity index (χ1) is 10.0. The van der Waals surface area contributed by atoms with Crippen molar-refractivity contribution in [1.82, 2.24) is 9.13 Å². The summed E-state index contributed by atoms with van der Waals surface area (Å²) in [5.74, 6) is 0.168. The van der Waals surface area contributed by atoms with E-state index in [1.807, 2.05) is 6.92 Å². The van der Waals surface area contributed by atoms with Gasteiger partial charge in [-0.15, -0.1) is 0 Å². The number of aromatic nitrogens is 2. The molecule has 3 N–H and O–H groups in total. The van der Waals surface area contributed by atoms with E-state index in [1.54, 1.807) is 7.11 Å². The Balaban J connectivity index is 2.82. The van der Waals surface area contributed by atoms with Gasteiger partial charge in [-0.3, -0.25) is 13.9 Å². The van der Waals surface area contributed by atoms with Crippen LogP contribution in [0.3, 0.4) is 0 Å². The van der Waals surface area contributed by atoms with Gasteiger partial charge in [0, 0.05) is 27.2 Å². The van der Waals surface area contributed by atoms with Gasteiger partial charge >= 0.3 is 5.69 Å². The smallest absolute Gasteiger partial charge is 0.332 e. The molecule has 0 aliphatic rings. The first kappa shape index (κ1) is 17.3. The molecule has 0 aliphatic carbocycles. The van der Waals surface area contributed by atoms with Crippen molar-refractivity contribution in [3.8, 4) is 0 Å². The van der Waals surface area contributed by atoms with E-state index in [2.05, 4.69) is 5.32 Å². The Morgan fingerprint density at radius 1 is 1.24 bits per heavy atom. The van der Waals surface area contributed by atoms with Gasteiger partial charge in [-0.05, 0) is 6.42 Å². The zero-order chi connectivity index (χ0) is 15.8. The summed E-state index contributed by atoms with van der Waals surface area (Å²) in [6.45, 7) is 4.25. The third-order valence-corrected chi connectivity index (χ3v) is 3.01. The van der Waals surface area contributed by atoms with Crippen LogP contribution in [-0.4, -0.2) is 42.6 Å². The number of nitrogens with zero attached hydrogens (tertiary/aromatic N) is 2. The summed E-state index contributed by atoms with van der Waals surface area (Å²) >= 11 is 0. The van der Waals surface area contributed by atoms with Gasteiger partial charge in [-0.1, -0.05) is 6.92 Å². The standard InChI is InChI=1S/C13H24N4O4/c1-4-6-17-11(14)10(12(18)16(2)13(17)19)15-5-7-21-9-8-20-3/h15H,4-9,14H2,1-3H3. The van der Waals surface area contributed by atoms with Gasteiger partial charge in [-0.25, -0.2) is 4.79 Å². The fraction of sp³-hybridized carbons (Fsp3) is 0.692. The quantitative estimate of drug-likeness (QED) is 0.603. The molecular weight excluding hydrogens is 276 g/mol. The number of rotatable bonds is 9. The molecule has 0 saturated carbocycles. The lowest BCUT2D eigenvalue weighted by Crippen LogP contribution is -2.41. The molecule has 1 heterocycles. The minimum absolute atomic E-state index is 0.168. The molecule has 0 saturated heterocycles. The van der Waals surface area contributed by atoms with E-state index in [0.717, 1.165) is 11.0 Å². The highest BCUT2D eigenvalue weighted by Crippen LogP contribution is 2.10. The second-order valence-corrected chi connectivity index (χ2v) is 4.59. The number of nitrogens with one attached hydrogen (secondary N) is 1. The Morgan fingerprint density at radius 2 is 1.95 bits per heavy atom. The minimum atomic E-state index is -0.429. The normalized spacial score (nSPS) is 10.8. The van der Waals surface area contributed by atoms with Gasteiger partial charge in [0.2, 0.25) is 0 Å². The Morgan fingerprint density at radius 3 is 2.57 bits per heavy atom. The Bertz CT molecular complexity index is 565. The van der Waals surface area contributed by atoms with Crippen LogP contribution in [0.2, 0.25) is 0 Å². The zero-order valence-corrected chi connectivity index (χ0v) is 12.8. The maximum atomic E-state index is 12.1. The molecule has 1 rings (SSSR count). The molecule has 120 valence electrons. The lowest BCUT2D eigenvalue weighted by Gasteiger charge is -2.15. The molecule has 0 spiro atoms. The van der Waals surface area contributed by atoms with E-state index in [9.17, 15) is 9.59 Å². The second kappa shape index (κ2) is 8.48. The lowest BCUT2D eigenvalue weighted by molar-refractivity contribution is 0.0759. The van der Waals surface area contributed by atoms with Gasteiger partial charge in [0.15, 0.2) is 0 Å². The van der Waals surface area contributed by atoms with Crippen molar-refractivity contribution in [1.29, 1.82) is 0 Å². The van der Waals surface area contributed by atoms with Crippen molar-refractivity contribution in [2.45, 2.75) is 19.9 Å². The van der Waals surface area contributed by atoms with Crippen molar-refractivity contribution >= 4 is 11.5 Å². The third-order valence-electron chi connectivity index (χ3n) is 3.01. The van der Waals surface area contributed by atoms with E-state index < -0.39 is 11.2 Å². The SMILES string of the molecule is CCCn1c(N)c(NCCOCCOC)c(=O)n(C)c1=O. The van der Waals surface area contributed by atoms with Crippen LogP contribution in [0.25, 0.3) is 0 Å². The second-order valence-electron chi connectivity index (χ2n) is 4.59. The molecule has 0 aromatic carbocycles. The Labute approximate surface area is 123 Å². The largest absolute Gasteiger partial charge is 0.383 e. The highest BCUT2D eigenvalue weighted by molar-refractivity contribution is 5.60. The lowest BCUT2D eigenvalue weighted by atomic mass is 10.4. The predicted octanol–water partition coefficient (Wildman–Crippen LogP) is -0.386. The molecule has 8 nitrogen and oxygen atoms in total. The molecule has 0 fully saturated rings. The third kappa shape index (κ3) is 4.33. The number of methoxy groups -OCH3 is 1. The number of hydrogen-bond acceptors (Lipinski definition) is 6. The molecule has 0 bridgehead atoms. The molecule has 21 heavy (non-hydrogen) atoms. The fourth-order valence-corrected chi connectivity index (χ4v) is 1.88. The van der Waals surface area contributed by atoms with Gasteiger partial charge in [0.05, 0.1) is 19.8 Å². The van der Waals surface area contributed by atoms with Crippen LogP contribution in [0, 0.1) is 0 Å². The predicted molar refractivity (Wildman–Crippen MR) is 81.8 cm³/mol. The number of ether oxygens (including phenoxy) is 2. The average Bonchev–Trinajstić information content (AvgIpc) is 2.48. The first-order valence-corrected chi connectivity index (χ1v) is 6.94. The van der Waals surface area contributed by atoms with Crippen LogP contribution < -0.4 is 22.3 Å². The number of nitrogens with two attached hydrogens (primary N) is 1. The molecule has 0 aliphatic heterocycles. The summed E-state index contributed by atoms with van der Waals surface area (Å²) in [4.78, 5) is 24.1. The van der Waals surface area contributed by atoms with E-state index in [0.29, 0.717) is 32.9 Å². The van der Waals surface area contributed by atoms with E-state index in [-0.39, 0.29) is 11.5 Å². The maximum absolute atomic E-state index is 12.1. The van der Waals surface area contributed by atoms with E-state index in [1.165, 1.54) is 11.6 Å². The fourth-order valence-electron chi connectivity index (χ4n) is 1.88. The van der Waals surface area contributed by atoms with Crippen LogP contribution >= 0.6 is 0 Å². The maximum Gasteiger partial charge on any atom is 0.332 e. The van der Waals surface area contributed by atoms with Gasteiger partial charge in [0.1, 0.15) is 11.5 Å². The zero-order valence-electron chi connectivity index (χ0n) is 12.8. The van der Waals surface area contributed by atoms with Gasteiger partial charge in [0.25, 0.3) is 5.56 Å².